The highest BCUT2D eigenvalue weighted by Crippen LogP contribution is 2.12. The van der Waals surface area contributed by atoms with Gasteiger partial charge in [0.25, 0.3) is 0 Å². The van der Waals surface area contributed by atoms with E-state index in [9.17, 15) is 10.0 Å². The van der Waals surface area contributed by atoms with Crippen LogP contribution in [0.25, 0.3) is 0 Å². The largest absolute Gasteiger partial charge is 0.492 e. The molecule has 0 unspecified atom stereocenters. The van der Waals surface area contributed by atoms with Crippen LogP contribution in [0.2, 0.25) is 0 Å². The lowest BCUT2D eigenvalue weighted by Crippen LogP contribution is -2.31. The van der Waals surface area contributed by atoms with E-state index in [-0.39, 0.29) is 0 Å². The first-order valence-electron chi connectivity index (χ1n) is 5.49. The molecule has 3 nitrogen and oxygen atoms in total. The van der Waals surface area contributed by atoms with E-state index in [1.165, 1.54) is 3.57 Å². The monoisotopic (exact) mass is 354 g/mol. The lowest BCUT2D eigenvalue weighted by atomic mass is 9.79. The van der Waals surface area contributed by atoms with E-state index in [0.29, 0.717) is 17.8 Å². The average Bonchev–Trinajstić information content (AvgIpc) is 2.38. The summed E-state index contributed by atoms with van der Waals surface area (Å²) in [5.74, 6) is 0.492. The predicted molar refractivity (Wildman–Crippen MR) is 79.8 cm³/mol. The van der Waals surface area contributed by atoms with Gasteiger partial charge in [0.1, 0.15) is 12.4 Å². The third kappa shape index (κ3) is 3.47. The molecular weight excluding hydrogens is 342 g/mol. The Labute approximate surface area is 120 Å². The molecule has 0 aliphatic heterocycles. The van der Waals surface area contributed by atoms with Crippen molar-refractivity contribution in [1.29, 1.82) is 0 Å². The van der Waals surface area contributed by atoms with Crippen molar-refractivity contribution in [2.75, 3.05) is 0 Å². The molecule has 0 aliphatic carbocycles. The SMILES string of the molecule is OB(O)c1ccccc1OCc1ccc(I)cc1. The van der Waals surface area contributed by atoms with Crippen LogP contribution in [0.4, 0.5) is 0 Å². The molecule has 0 amide bonds. The summed E-state index contributed by atoms with van der Waals surface area (Å²) in [6, 6.07) is 14.9. The van der Waals surface area contributed by atoms with E-state index in [0.717, 1.165) is 5.56 Å². The molecule has 0 spiro atoms. The van der Waals surface area contributed by atoms with Crippen molar-refractivity contribution in [3.63, 3.8) is 0 Å². The van der Waals surface area contributed by atoms with Crippen LogP contribution < -0.4 is 10.2 Å². The fourth-order valence-electron chi connectivity index (χ4n) is 1.57. The summed E-state index contributed by atoms with van der Waals surface area (Å²) in [6.07, 6.45) is 0. The van der Waals surface area contributed by atoms with Crippen LogP contribution >= 0.6 is 22.6 Å². The molecule has 0 saturated carbocycles. The number of hydrogen-bond acceptors (Lipinski definition) is 3. The number of ether oxygens (including phenoxy) is 1. The number of benzene rings is 2. The van der Waals surface area contributed by atoms with Gasteiger partial charge in [-0.05, 0) is 46.4 Å². The highest BCUT2D eigenvalue weighted by atomic mass is 127. The molecule has 0 aromatic heterocycles. The molecular formula is C13H12BIO3. The van der Waals surface area contributed by atoms with Crippen molar-refractivity contribution in [3.8, 4) is 5.75 Å². The molecule has 0 fully saturated rings. The van der Waals surface area contributed by atoms with Gasteiger partial charge in [0.05, 0.1) is 0 Å². The molecule has 0 atom stereocenters. The molecule has 2 N–H and O–H groups in total. The summed E-state index contributed by atoms with van der Waals surface area (Å²) in [4.78, 5) is 0. The quantitative estimate of drug-likeness (QED) is 0.647. The Morgan fingerprint density at radius 2 is 1.67 bits per heavy atom. The molecule has 0 aliphatic rings. The van der Waals surface area contributed by atoms with Crippen molar-refractivity contribution in [1.82, 2.24) is 0 Å². The van der Waals surface area contributed by atoms with Crippen molar-refractivity contribution < 1.29 is 14.8 Å². The molecule has 0 saturated heterocycles. The first-order valence-corrected chi connectivity index (χ1v) is 6.57. The first kappa shape index (κ1) is 13.4. The Hall–Kier alpha value is -1.05. The summed E-state index contributed by atoms with van der Waals surface area (Å²) in [5.41, 5.74) is 1.42. The minimum absolute atomic E-state index is 0.378. The average molecular weight is 354 g/mol. The minimum Gasteiger partial charge on any atom is -0.489 e. The van der Waals surface area contributed by atoms with Crippen LogP contribution in [-0.2, 0) is 6.61 Å². The maximum atomic E-state index is 9.21. The van der Waals surface area contributed by atoms with Gasteiger partial charge in [0, 0.05) is 9.03 Å². The maximum absolute atomic E-state index is 9.21. The smallest absolute Gasteiger partial charge is 0.489 e. The third-order valence-electron chi connectivity index (χ3n) is 2.50. The van der Waals surface area contributed by atoms with Crippen molar-refractivity contribution in [3.05, 3.63) is 57.7 Å². The fraction of sp³-hybridized carbons (Fsp3) is 0.0769. The number of rotatable bonds is 4. The summed E-state index contributed by atoms with van der Waals surface area (Å²) in [6.45, 7) is 0.403. The number of hydrogen-bond donors (Lipinski definition) is 2. The van der Waals surface area contributed by atoms with Gasteiger partial charge in [-0.25, -0.2) is 0 Å². The van der Waals surface area contributed by atoms with Crippen LogP contribution in [0.15, 0.2) is 48.5 Å². The zero-order valence-corrected chi connectivity index (χ0v) is 11.7. The van der Waals surface area contributed by atoms with Gasteiger partial charge in [-0.15, -0.1) is 0 Å². The standard InChI is InChI=1S/C13H12BIO3/c15-11-7-5-10(6-8-11)9-18-13-4-2-1-3-12(13)14(16)17/h1-8,16-17H,9H2. The summed E-state index contributed by atoms with van der Waals surface area (Å²) < 4.78 is 6.77. The molecule has 92 valence electrons. The van der Waals surface area contributed by atoms with Crippen molar-refractivity contribution in [2.24, 2.45) is 0 Å². The normalized spacial score (nSPS) is 10.2. The van der Waals surface area contributed by atoms with E-state index in [4.69, 9.17) is 4.74 Å². The Morgan fingerprint density at radius 1 is 1.00 bits per heavy atom. The molecule has 2 aromatic carbocycles. The highest BCUT2D eigenvalue weighted by Gasteiger charge is 2.16. The molecule has 0 radical (unpaired) electrons. The molecule has 5 heteroatoms. The van der Waals surface area contributed by atoms with Crippen LogP contribution in [0, 0.1) is 3.57 Å². The second-order valence-electron chi connectivity index (χ2n) is 3.83. The van der Waals surface area contributed by atoms with E-state index < -0.39 is 7.12 Å². The van der Waals surface area contributed by atoms with Crippen LogP contribution in [-0.4, -0.2) is 17.2 Å². The van der Waals surface area contributed by atoms with E-state index >= 15 is 0 Å². The Balaban J connectivity index is 2.08. The van der Waals surface area contributed by atoms with Gasteiger partial charge >= 0.3 is 7.12 Å². The second kappa shape index (κ2) is 6.22. The fourth-order valence-corrected chi connectivity index (χ4v) is 1.93. The molecule has 2 rings (SSSR count). The maximum Gasteiger partial charge on any atom is 0.492 e. The molecule has 2 aromatic rings. The van der Waals surface area contributed by atoms with Crippen LogP contribution in [0.1, 0.15) is 5.56 Å². The van der Waals surface area contributed by atoms with Gasteiger partial charge in [-0.1, -0.05) is 30.3 Å². The first-order chi connectivity index (χ1) is 8.66. The lowest BCUT2D eigenvalue weighted by Gasteiger charge is -2.10. The van der Waals surface area contributed by atoms with Crippen molar-refractivity contribution >= 4 is 35.2 Å². The molecule has 0 bridgehead atoms. The minimum atomic E-state index is -1.52. The van der Waals surface area contributed by atoms with E-state index in [1.807, 2.05) is 24.3 Å². The zero-order valence-electron chi connectivity index (χ0n) is 9.58. The lowest BCUT2D eigenvalue weighted by molar-refractivity contribution is 0.306. The van der Waals surface area contributed by atoms with E-state index in [2.05, 4.69) is 22.6 Å². The van der Waals surface area contributed by atoms with Gasteiger partial charge < -0.3 is 14.8 Å². The topological polar surface area (TPSA) is 49.7 Å². The van der Waals surface area contributed by atoms with Gasteiger partial charge in [0.15, 0.2) is 0 Å². The number of para-hydroxylation sites is 1. The Kier molecular flexibility index (Phi) is 4.63. The number of halogens is 1. The Morgan fingerprint density at radius 3 is 2.33 bits per heavy atom. The van der Waals surface area contributed by atoms with Gasteiger partial charge in [-0.2, -0.15) is 0 Å². The molecule has 18 heavy (non-hydrogen) atoms. The van der Waals surface area contributed by atoms with E-state index in [1.54, 1.807) is 24.3 Å². The summed E-state index contributed by atoms with van der Waals surface area (Å²) in [7, 11) is -1.52. The third-order valence-corrected chi connectivity index (χ3v) is 3.22. The van der Waals surface area contributed by atoms with Crippen LogP contribution in [0.3, 0.4) is 0 Å². The van der Waals surface area contributed by atoms with Crippen LogP contribution in [0.5, 0.6) is 5.75 Å². The Bertz CT molecular complexity index is 514. The highest BCUT2D eigenvalue weighted by molar-refractivity contribution is 14.1. The summed E-state index contributed by atoms with van der Waals surface area (Å²) in [5, 5.41) is 18.4. The van der Waals surface area contributed by atoms with Gasteiger partial charge in [0.2, 0.25) is 0 Å². The zero-order chi connectivity index (χ0) is 13.0. The predicted octanol–water partition coefficient (Wildman–Crippen LogP) is 1.55. The summed E-state index contributed by atoms with van der Waals surface area (Å²) >= 11 is 2.24. The van der Waals surface area contributed by atoms with Gasteiger partial charge in [-0.3, -0.25) is 0 Å². The second-order valence-corrected chi connectivity index (χ2v) is 5.07. The van der Waals surface area contributed by atoms with Crippen molar-refractivity contribution in [2.45, 2.75) is 6.61 Å². The molecule has 0 heterocycles.